The third-order valence-electron chi connectivity index (χ3n) is 2.97. The normalized spacial score (nSPS) is 24.5. The Morgan fingerprint density at radius 3 is 3.36 bits per heavy atom. The number of nitrogens with zero attached hydrogens (tertiary/aromatic N) is 3. The lowest BCUT2D eigenvalue weighted by molar-refractivity contribution is 0.154. The van der Waals surface area contributed by atoms with E-state index in [4.69, 9.17) is 4.74 Å². The molecule has 1 aromatic rings. The molecule has 0 saturated carbocycles. The smallest absolute Gasteiger partial charge is 0.410 e. The number of amides is 1. The first-order chi connectivity index (χ1) is 6.75. The predicted molar refractivity (Wildman–Crippen MR) is 47.6 cm³/mol. The van der Waals surface area contributed by atoms with Gasteiger partial charge in [0.1, 0.15) is 6.61 Å². The molecule has 5 heteroatoms. The monoisotopic (exact) mass is 193 g/mol. The van der Waals surface area contributed by atoms with E-state index in [-0.39, 0.29) is 12.1 Å². The molecule has 0 radical (unpaired) electrons. The van der Waals surface area contributed by atoms with Gasteiger partial charge in [-0.1, -0.05) is 0 Å². The number of ether oxygens (including phenoxy) is 1. The van der Waals surface area contributed by atoms with E-state index >= 15 is 0 Å². The van der Waals surface area contributed by atoms with Crippen LogP contribution in [0.4, 0.5) is 4.79 Å². The van der Waals surface area contributed by atoms with E-state index < -0.39 is 0 Å². The van der Waals surface area contributed by atoms with Crippen molar-refractivity contribution < 1.29 is 9.53 Å². The van der Waals surface area contributed by atoms with Gasteiger partial charge in [0.05, 0.1) is 24.6 Å². The minimum atomic E-state index is -0.202. The van der Waals surface area contributed by atoms with Crippen LogP contribution >= 0.6 is 0 Å². The quantitative estimate of drug-likeness (QED) is 0.595. The summed E-state index contributed by atoms with van der Waals surface area (Å²) in [6.07, 6.45) is 2.46. The van der Waals surface area contributed by atoms with Gasteiger partial charge in [0.25, 0.3) is 0 Å². The van der Waals surface area contributed by atoms with Gasteiger partial charge in [-0.15, -0.1) is 0 Å². The van der Waals surface area contributed by atoms with Gasteiger partial charge in [0, 0.05) is 19.2 Å². The average Bonchev–Trinajstić information content (AvgIpc) is 2.71. The molecule has 14 heavy (non-hydrogen) atoms. The number of carbonyl (C=O) groups is 1. The summed E-state index contributed by atoms with van der Waals surface area (Å²) >= 11 is 0. The Bertz CT molecular complexity index is 399. The van der Waals surface area contributed by atoms with Gasteiger partial charge < -0.3 is 9.30 Å². The first kappa shape index (κ1) is 7.84. The van der Waals surface area contributed by atoms with Crippen molar-refractivity contribution in [2.45, 2.75) is 19.0 Å². The molecule has 0 aliphatic carbocycles. The highest BCUT2D eigenvalue weighted by atomic mass is 16.6. The molecule has 1 saturated heterocycles. The van der Waals surface area contributed by atoms with Gasteiger partial charge in [0.15, 0.2) is 0 Å². The Labute approximate surface area is 81.3 Å². The van der Waals surface area contributed by atoms with Crippen molar-refractivity contribution in [3.63, 3.8) is 0 Å². The number of rotatable bonds is 0. The summed E-state index contributed by atoms with van der Waals surface area (Å²) in [7, 11) is 1.99. The van der Waals surface area contributed by atoms with Gasteiger partial charge in [-0.3, -0.25) is 4.90 Å². The van der Waals surface area contributed by atoms with Gasteiger partial charge in [-0.25, -0.2) is 9.78 Å². The number of hydrogen-bond donors (Lipinski definition) is 0. The molecule has 0 bridgehead atoms. The third-order valence-corrected chi connectivity index (χ3v) is 2.97. The number of aromatic nitrogens is 2. The first-order valence-corrected chi connectivity index (χ1v) is 4.68. The van der Waals surface area contributed by atoms with E-state index in [0.717, 1.165) is 12.1 Å². The lowest BCUT2D eigenvalue weighted by atomic mass is 10.0. The summed E-state index contributed by atoms with van der Waals surface area (Å²) in [4.78, 5) is 17.3. The van der Waals surface area contributed by atoms with E-state index in [0.29, 0.717) is 13.2 Å². The van der Waals surface area contributed by atoms with Gasteiger partial charge in [-0.2, -0.15) is 0 Å². The summed E-state index contributed by atoms with van der Waals surface area (Å²) in [5.41, 5.74) is 2.23. The van der Waals surface area contributed by atoms with E-state index in [2.05, 4.69) is 4.98 Å². The zero-order valence-electron chi connectivity index (χ0n) is 7.93. The van der Waals surface area contributed by atoms with Crippen LogP contribution in [0.5, 0.6) is 0 Å². The zero-order valence-corrected chi connectivity index (χ0v) is 7.93. The summed E-state index contributed by atoms with van der Waals surface area (Å²) in [5, 5.41) is 0. The van der Waals surface area contributed by atoms with Crippen LogP contribution in [0.1, 0.15) is 11.4 Å². The van der Waals surface area contributed by atoms with Crippen LogP contribution in [0.2, 0.25) is 0 Å². The molecule has 3 rings (SSSR count). The maximum absolute atomic E-state index is 11.3. The largest absolute Gasteiger partial charge is 0.447 e. The number of hydrogen-bond acceptors (Lipinski definition) is 3. The van der Waals surface area contributed by atoms with Gasteiger partial charge >= 0.3 is 6.09 Å². The molecule has 1 fully saturated rings. The molecule has 1 aromatic heterocycles. The molecule has 0 aromatic carbocycles. The summed E-state index contributed by atoms with van der Waals surface area (Å²) in [6.45, 7) is 1.11. The fourth-order valence-corrected chi connectivity index (χ4v) is 2.13. The van der Waals surface area contributed by atoms with Crippen LogP contribution < -0.4 is 0 Å². The Morgan fingerprint density at radius 2 is 2.50 bits per heavy atom. The van der Waals surface area contributed by atoms with Crippen LogP contribution in [0.15, 0.2) is 6.33 Å². The van der Waals surface area contributed by atoms with Crippen LogP contribution in [0, 0.1) is 0 Å². The maximum Gasteiger partial charge on any atom is 0.410 e. The van der Waals surface area contributed by atoms with Crippen LogP contribution in [-0.4, -0.2) is 33.2 Å². The highest BCUT2D eigenvalue weighted by molar-refractivity contribution is 5.70. The summed E-state index contributed by atoms with van der Waals surface area (Å²) in [5.74, 6) is 0. The molecule has 2 aliphatic heterocycles. The van der Waals surface area contributed by atoms with Crippen molar-refractivity contribution in [2.24, 2.45) is 7.05 Å². The molecule has 0 N–H and O–H groups in total. The first-order valence-electron chi connectivity index (χ1n) is 4.68. The van der Waals surface area contributed by atoms with Crippen LogP contribution in [-0.2, 0) is 24.8 Å². The average molecular weight is 193 g/mol. The topological polar surface area (TPSA) is 47.4 Å². The number of imidazole rings is 1. The van der Waals surface area contributed by atoms with E-state index in [1.807, 2.05) is 11.6 Å². The zero-order chi connectivity index (χ0) is 9.71. The van der Waals surface area contributed by atoms with E-state index in [1.54, 1.807) is 11.2 Å². The lowest BCUT2D eigenvalue weighted by Gasteiger charge is -2.26. The molecule has 74 valence electrons. The second-order valence-electron chi connectivity index (χ2n) is 3.81. The lowest BCUT2D eigenvalue weighted by Crippen LogP contribution is -2.39. The molecule has 3 heterocycles. The molecule has 0 unspecified atom stereocenters. The molecule has 5 nitrogen and oxygen atoms in total. The molecular formula is C9H11N3O2. The Morgan fingerprint density at radius 1 is 1.64 bits per heavy atom. The van der Waals surface area contributed by atoms with Crippen molar-refractivity contribution >= 4 is 6.09 Å². The second-order valence-corrected chi connectivity index (χ2v) is 3.81. The van der Waals surface area contributed by atoms with Gasteiger partial charge in [-0.05, 0) is 0 Å². The minimum Gasteiger partial charge on any atom is -0.447 e. The highest BCUT2D eigenvalue weighted by Crippen LogP contribution is 2.26. The van der Waals surface area contributed by atoms with Crippen molar-refractivity contribution in [2.75, 3.05) is 6.61 Å². The third kappa shape index (κ3) is 0.893. The summed E-state index contributed by atoms with van der Waals surface area (Å²) < 4.78 is 7.01. The van der Waals surface area contributed by atoms with E-state index in [9.17, 15) is 4.79 Å². The van der Waals surface area contributed by atoms with Crippen LogP contribution in [0.3, 0.4) is 0 Å². The number of fused-ring (bicyclic) bond motifs is 2. The fourth-order valence-electron chi connectivity index (χ4n) is 2.13. The molecule has 0 spiro atoms. The van der Waals surface area contributed by atoms with Gasteiger partial charge in [0.2, 0.25) is 0 Å². The highest BCUT2D eigenvalue weighted by Gasteiger charge is 2.38. The maximum atomic E-state index is 11.3. The number of cyclic esters (lactones) is 1. The Hall–Kier alpha value is -1.52. The molecule has 1 amide bonds. The number of carbonyl (C=O) groups excluding carboxylic acids is 1. The standard InChI is InChI=1S/C9H11N3O2/c1-11-5-10-7-3-12-6(2-8(7)11)4-14-9(12)13/h5-6H,2-4H2,1H3/t6-/m0/s1. The second kappa shape index (κ2) is 2.50. The van der Waals surface area contributed by atoms with E-state index in [1.165, 1.54) is 5.69 Å². The molecule has 1 atom stereocenters. The summed E-state index contributed by atoms with van der Waals surface area (Å²) in [6, 6.07) is 0.213. The van der Waals surface area contributed by atoms with Crippen molar-refractivity contribution in [1.82, 2.24) is 14.5 Å². The fraction of sp³-hybridized carbons (Fsp3) is 0.556. The van der Waals surface area contributed by atoms with Crippen molar-refractivity contribution in [3.05, 3.63) is 17.7 Å². The minimum absolute atomic E-state index is 0.202. The Balaban J connectivity index is 2.00. The Kier molecular flexibility index (Phi) is 1.40. The number of aryl methyl sites for hydroxylation is 1. The molecule has 2 aliphatic rings. The van der Waals surface area contributed by atoms with Crippen molar-refractivity contribution in [3.8, 4) is 0 Å². The SMILES string of the molecule is Cn1cnc2c1C[C@H]1COC(=O)N1C2. The predicted octanol–water partition coefficient (Wildman–Crippen LogP) is 0.297. The van der Waals surface area contributed by atoms with Crippen LogP contribution in [0.25, 0.3) is 0 Å². The molecular weight excluding hydrogens is 182 g/mol. The van der Waals surface area contributed by atoms with Crippen molar-refractivity contribution in [1.29, 1.82) is 0 Å².